The quantitative estimate of drug-likeness (QED) is 0.792. The van der Waals surface area contributed by atoms with Gasteiger partial charge >= 0.3 is 0 Å². The molecule has 1 fully saturated rings. The Labute approximate surface area is 141 Å². The fourth-order valence-electron chi connectivity index (χ4n) is 2.52. The Balaban J connectivity index is 1.50. The van der Waals surface area contributed by atoms with Crippen LogP contribution in [0.2, 0.25) is 0 Å². The van der Waals surface area contributed by atoms with Gasteiger partial charge < -0.3 is 14.5 Å². The Bertz CT molecular complexity index is 727. The minimum absolute atomic E-state index is 0.0294. The molecular weight excluding hydrogens is 304 g/mol. The van der Waals surface area contributed by atoms with E-state index < -0.39 is 0 Å². The highest BCUT2D eigenvalue weighted by molar-refractivity contribution is 5.88. The fraction of sp³-hybridized carbons (Fsp3) is 0.368. The van der Waals surface area contributed by atoms with Crippen LogP contribution in [-0.2, 0) is 11.2 Å². The van der Waals surface area contributed by atoms with E-state index in [4.69, 9.17) is 9.15 Å². The largest absolute Gasteiger partial charge is 0.497 e. The van der Waals surface area contributed by atoms with Crippen LogP contribution in [0.25, 0.3) is 11.5 Å². The maximum Gasteiger partial charge on any atom is 0.243 e. The molecule has 0 atom stereocenters. The number of ether oxygens (including phenoxy) is 1. The van der Waals surface area contributed by atoms with Crippen LogP contribution in [0.4, 0.5) is 0 Å². The monoisotopic (exact) mass is 326 g/mol. The molecule has 1 saturated carbocycles. The summed E-state index contributed by atoms with van der Waals surface area (Å²) in [5.74, 6) is 1.96. The number of benzene rings is 1. The number of rotatable bonds is 7. The summed E-state index contributed by atoms with van der Waals surface area (Å²) in [4.78, 5) is 16.3. The molecule has 1 aromatic carbocycles. The average molecular weight is 326 g/mol. The molecular formula is C19H22N2O3. The van der Waals surface area contributed by atoms with E-state index >= 15 is 0 Å². The van der Waals surface area contributed by atoms with Gasteiger partial charge in [0.25, 0.3) is 0 Å². The van der Waals surface area contributed by atoms with Crippen molar-refractivity contribution in [2.45, 2.75) is 26.2 Å². The Morgan fingerprint density at radius 1 is 1.38 bits per heavy atom. The highest BCUT2D eigenvalue weighted by Crippen LogP contribution is 2.35. The van der Waals surface area contributed by atoms with E-state index in [1.54, 1.807) is 19.4 Å². The first-order valence-electron chi connectivity index (χ1n) is 8.20. The van der Waals surface area contributed by atoms with Gasteiger partial charge in [0.1, 0.15) is 12.0 Å². The second-order valence-corrected chi connectivity index (χ2v) is 6.08. The molecule has 0 spiro atoms. The molecule has 0 bridgehead atoms. The van der Waals surface area contributed by atoms with Crippen LogP contribution >= 0.6 is 0 Å². The summed E-state index contributed by atoms with van der Waals surface area (Å²) in [6.45, 7) is 2.57. The molecule has 1 N–H and O–H groups in total. The van der Waals surface area contributed by atoms with Crippen molar-refractivity contribution in [3.63, 3.8) is 0 Å². The Morgan fingerprint density at radius 2 is 2.12 bits per heavy atom. The van der Waals surface area contributed by atoms with Gasteiger partial charge in [-0.3, -0.25) is 4.79 Å². The summed E-state index contributed by atoms with van der Waals surface area (Å²) < 4.78 is 10.6. The van der Waals surface area contributed by atoms with Gasteiger partial charge in [0.2, 0.25) is 11.8 Å². The molecule has 1 aliphatic rings. The highest BCUT2D eigenvalue weighted by Gasteiger charge is 2.23. The van der Waals surface area contributed by atoms with Crippen molar-refractivity contribution in [3.05, 3.63) is 47.9 Å². The molecule has 0 unspecified atom stereocenters. The first-order chi connectivity index (χ1) is 11.7. The van der Waals surface area contributed by atoms with Crippen molar-refractivity contribution in [1.29, 1.82) is 0 Å². The second kappa shape index (κ2) is 7.34. The Kier molecular flexibility index (Phi) is 4.99. The van der Waals surface area contributed by atoms with Crippen LogP contribution in [0.1, 0.15) is 25.5 Å². The van der Waals surface area contributed by atoms with Crippen LogP contribution < -0.4 is 10.1 Å². The van der Waals surface area contributed by atoms with E-state index in [9.17, 15) is 4.79 Å². The number of hydrogen-bond acceptors (Lipinski definition) is 4. The number of carbonyl (C=O) groups excluding carboxylic acids is 1. The number of nitrogens with zero attached hydrogens (tertiary/aromatic N) is 1. The fourth-order valence-corrected chi connectivity index (χ4v) is 2.52. The molecule has 5 nitrogen and oxygen atoms in total. The van der Waals surface area contributed by atoms with E-state index in [1.807, 2.05) is 31.2 Å². The number of oxazole rings is 1. The van der Waals surface area contributed by atoms with Crippen molar-refractivity contribution in [2.75, 3.05) is 13.7 Å². The van der Waals surface area contributed by atoms with Crippen molar-refractivity contribution in [1.82, 2.24) is 10.3 Å². The van der Waals surface area contributed by atoms with E-state index in [-0.39, 0.29) is 5.91 Å². The van der Waals surface area contributed by atoms with Crippen LogP contribution in [0.15, 0.2) is 46.6 Å². The van der Waals surface area contributed by atoms with E-state index in [0.29, 0.717) is 24.8 Å². The van der Waals surface area contributed by atoms with Gasteiger partial charge in [-0.2, -0.15) is 0 Å². The van der Waals surface area contributed by atoms with Gasteiger partial charge in [-0.1, -0.05) is 5.57 Å². The number of hydrogen-bond donors (Lipinski definition) is 1. The minimum Gasteiger partial charge on any atom is -0.497 e. The SMILES string of the molecule is COc1ccc(-c2nc(CCNC(=O)/C=C(\C)C3CC3)co2)cc1. The van der Waals surface area contributed by atoms with Crippen molar-refractivity contribution < 1.29 is 13.9 Å². The smallest absolute Gasteiger partial charge is 0.243 e. The summed E-state index contributed by atoms with van der Waals surface area (Å²) in [7, 11) is 1.63. The normalized spacial score (nSPS) is 14.5. The van der Waals surface area contributed by atoms with E-state index in [0.717, 1.165) is 17.0 Å². The molecule has 0 aliphatic heterocycles. The zero-order chi connectivity index (χ0) is 16.9. The zero-order valence-corrected chi connectivity index (χ0v) is 14.0. The zero-order valence-electron chi connectivity index (χ0n) is 14.0. The predicted molar refractivity (Wildman–Crippen MR) is 91.7 cm³/mol. The molecule has 126 valence electrons. The van der Waals surface area contributed by atoms with Crippen LogP contribution in [0, 0.1) is 5.92 Å². The number of aromatic nitrogens is 1. The molecule has 1 heterocycles. The summed E-state index contributed by atoms with van der Waals surface area (Å²) >= 11 is 0. The van der Waals surface area contributed by atoms with Gasteiger partial charge in [-0.05, 0) is 49.9 Å². The molecule has 5 heteroatoms. The van der Waals surface area contributed by atoms with Gasteiger partial charge in [-0.15, -0.1) is 0 Å². The second-order valence-electron chi connectivity index (χ2n) is 6.08. The number of allylic oxidation sites excluding steroid dienone is 1. The molecule has 3 rings (SSSR count). The molecule has 1 aromatic heterocycles. The third kappa shape index (κ3) is 4.25. The molecule has 1 amide bonds. The Hall–Kier alpha value is -2.56. The average Bonchev–Trinajstić information content (AvgIpc) is 3.34. The summed E-state index contributed by atoms with van der Waals surface area (Å²) in [6.07, 6.45) is 6.41. The highest BCUT2D eigenvalue weighted by atomic mass is 16.5. The van der Waals surface area contributed by atoms with Gasteiger partial charge in [0.05, 0.1) is 12.8 Å². The van der Waals surface area contributed by atoms with Crippen molar-refractivity contribution in [2.24, 2.45) is 5.92 Å². The molecule has 0 saturated heterocycles. The lowest BCUT2D eigenvalue weighted by molar-refractivity contribution is -0.116. The van der Waals surface area contributed by atoms with E-state index in [2.05, 4.69) is 10.3 Å². The lowest BCUT2D eigenvalue weighted by atomic mass is 10.2. The van der Waals surface area contributed by atoms with Crippen molar-refractivity contribution in [3.8, 4) is 17.2 Å². The topological polar surface area (TPSA) is 64.4 Å². The van der Waals surface area contributed by atoms with Crippen LogP contribution in [-0.4, -0.2) is 24.5 Å². The summed E-state index contributed by atoms with van der Waals surface area (Å²) in [5, 5.41) is 2.90. The third-order valence-electron chi connectivity index (χ3n) is 4.15. The first-order valence-corrected chi connectivity index (χ1v) is 8.20. The summed E-state index contributed by atoms with van der Waals surface area (Å²) in [5.41, 5.74) is 2.90. The number of carbonyl (C=O) groups is 1. The minimum atomic E-state index is -0.0294. The van der Waals surface area contributed by atoms with Gasteiger partial charge in [-0.25, -0.2) is 4.98 Å². The van der Waals surface area contributed by atoms with Gasteiger partial charge in [0, 0.05) is 24.6 Å². The van der Waals surface area contributed by atoms with Gasteiger partial charge in [0.15, 0.2) is 0 Å². The summed E-state index contributed by atoms with van der Waals surface area (Å²) in [6, 6.07) is 7.55. The standard InChI is InChI=1S/C19H22N2O3/c1-13(14-3-4-14)11-18(22)20-10-9-16-12-24-19(21-16)15-5-7-17(23-2)8-6-15/h5-8,11-12,14H,3-4,9-10H2,1-2H3,(H,20,22)/b13-11+. The molecule has 1 aliphatic carbocycles. The number of nitrogens with one attached hydrogen (secondary N) is 1. The van der Waals surface area contributed by atoms with Crippen LogP contribution in [0.3, 0.4) is 0 Å². The molecule has 24 heavy (non-hydrogen) atoms. The van der Waals surface area contributed by atoms with Crippen LogP contribution in [0.5, 0.6) is 5.75 Å². The predicted octanol–water partition coefficient (Wildman–Crippen LogP) is 3.37. The number of methoxy groups -OCH3 is 1. The first kappa shape index (κ1) is 16.3. The Morgan fingerprint density at radius 3 is 2.79 bits per heavy atom. The third-order valence-corrected chi connectivity index (χ3v) is 4.15. The molecule has 2 aromatic rings. The lowest BCUT2D eigenvalue weighted by Gasteiger charge is -2.01. The maximum atomic E-state index is 11.8. The molecule has 0 radical (unpaired) electrons. The van der Waals surface area contributed by atoms with Crippen molar-refractivity contribution >= 4 is 5.91 Å². The van der Waals surface area contributed by atoms with E-state index in [1.165, 1.54) is 18.4 Å². The maximum absolute atomic E-state index is 11.8. The number of amides is 1. The lowest BCUT2D eigenvalue weighted by Crippen LogP contribution is -2.24.